The number of halogens is 2. The van der Waals surface area contributed by atoms with Crippen molar-refractivity contribution in [2.75, 3.05) is 11.9 Å². The van der Waals surface area contributed by atoms with Crippen LogP contribution in [-0.4, -0.2) is 38.5 Å². The van der Waals surface area contributed by atoms with E-state index < -0.39 is 0 Å². The molecule has 0 spiro atoms. The van der Waals surface area contributed by atoms with Gasteiger partial charge in [-0.25, -0.2) is 0 Å². The van der Waals surface area contributed by atoms with Gasteiger partial charge in [-0.1, -0.05) is 36.0 Å². The predicted octanol–water partition coefficient (Wildman–Crippen LogP) is 4.29. The fourth-order valence-corrected chi connectivity index (χ4v) is 4.01. The first-order chi connectivity index (χ1) is 14.0. The zero-order valence-electron chi connectivity index (χ0n) is 16.1. The van der Waals surface area contributed by atoms with Crippen LogP contribution >= 0.6 is 23.2 Å². The van der Waals surface area contributed by atoms with Gasteiger partial charge >= 0.3 is 0 Å². The second-order valence-corrected chi connectivity index (χ2v) is 8.12. The molecule has 1 aliphatic rings. The van der Waals surface area contributed by atoms with Gasteiger partial charge in [0.15, 0.2) is 5.82 Å². The Hall–Kier alpha value is -2.38. The maximum Gasteiger partial charge on any atom is 0.216 e. The molecule has 0 unspecified atom stereocenters. The average molecular weight is 433 g/mol. The summed E-state index contributed by atoms with van der Waals surface area (Å²) >= 11 is 12.6. The molecule has 1 saturated carbocycles. The lowest BCUT2D eigenvalue weighted by Crippen LogP contribution is -2.24. The van der Waals surface area contributed by atoms with Gasteiger partial charge in [-0.15, -0.1) is 10.2 Å². The lowest BCUT2D eigenvalue weighted by Gasteiger charge is -2.15. The van der Waals surface area contributed by atoms with Crippen LogP contribution in [0.4, 0.5) is 5.82 Å². The van der Waals surface area contributed by atoms with Crippen molar-refractivity contribution in [3.05, 3.63) is 34.6 Å². The number of carbonyl (C=O) groups is 1. The minimum Gasteiger partial charge on any atom is -0.365 e. The summed E-state index contributed by atoms with van der Waals surface area (Å²) in [7, 11) is 0. The van der Waals surface area contributed by atoms with Crippen LogP contribution in [0.2, 0.25) is 10.0 Å². The Balaban J connectivity index is 1.68. The molecule has 1 aliphatic carbocycles. The molecule has 2 aromatic heterocycles. The number of amides is 1. The molecule has 9 heteroatoms. The van der Waals surface area contributed by atoms with Crippen LogP contribution in [-0.2, 0) is 11.3 Å². The topological polar surface area (TPSA) is 84.7 Å². The molecule has 4 rings (SSSR count). The number of anilines is 1. The highest BCUT2D eigenvalue weighted by Crippen LogP contribution is 2.36. The Bertz CT molecular complexity index is 1040. The van der Waals surface area contributed by atoms with Crippen LogP contribution in [0.15, 0.2) is 24.5 Å². The summed E-state index contributed by atoms with van der Waals surface area (Å²) in [5.74, 6) is 0.665. The van der Waals surface area contributed by atoms with Crippen LogP contribution in [0.5, 0.6) is 0 Å². The highest BCUT2D eigenvalue weighted by atomic mass is 35.5. The highest BCUT2D eigenvalue weighted by Gasteiger charge is 2.19. The smallest absolute Gasteiger partial charge is 0.216 e. The molecule has 2 N–H and O–H groups in total. The number of benzene rings is 1. The fraction of sp³-hybridized carbons (Fsp3) is 0.400. The molecule has 7 nitrogen and oxygen atoms in total. The number of aromatic nitrogens is 4. The van der Waals surface area contributed by atoms with Crippen LogP contribution in [0, 0.1) is 0 Å². The second kappa shape index (κ2) is 8.55. The molecule has 0 saturated heterocycles. The van der Waals surface area contributed by atoms with Gasteiger partial charge in [0.05, 0.1) is 22.8 Å². The van der Waals surface area contributed by atoms with Gasteiger partial charge < -0.3 is 10.6 Å². The molecule has 1 amide bonds. The van der Waals surface area contributed by atoms with E-state index in [1.807, 2.05) is 18.3 Å². The van der Waals surface area contributed by atoms with Crippen molar-refractivity contribution in [1.82, 2.24) is 25.3 Å². The summed E-state index contributed by atoms with van der Waals surface area (Å²) in [6, 6.07) is 4.08. The molecule has 2 heterocycles. The van der Waals surface area contributed by atoms with Gasteiger partial charge in [0.2, 0.25) is 5.91 Å². The van der Waals surface area contributed by atoms with E-state index in [-0.39, 0.29) is 5.91 Å². The van der Waals surface area contributed by atoms with Crippen molar-refractivity contribution in [3.63, 3.8) is 0 Å². The number of nitrogens with one attached hydrogen (secondary N) is 2. The van der Waals surface area contributed by atoms with Gasteiger partial charge in [-0.2, -0.15) is 5.10 Å². The Morgan fingerprint density at radius 2 is 1.90 bits per heavy atom. The van der Waals surface area contributed by atoms with E-state index in [1.165, 1.54) is 19.8 Å². The number of rotatable bonds is 6. The largest absolute Gasteiger partial charge is 0.365 e. The first kappa shape index (κ1) is 19.9. The predicted molar refractivity (Wildman–Crippen MR) is 115 cm³/mol. The summed E-state index contributed by atoms with van der Waals surface area (Å²) in [5.41, 5.74) is 1.53. The molecular formula is C20H22Cl2N6O. The minimum absolute atomic E-state index is 0.0638. The molecule has 1 aromatic carbocycles. The first-order valence-electron chi connectivity index (χ1n) is 9.70. The maximum atomic E-state index is 11.0. The lowest BCUT2D eigenvalue weighted by molar-refractivity contribution is -0.118. The van der Waals surface area contributed by atoms with E-state index in [1.54, 1.807) is 10.9 Å². The molecule has 1 fully saturated rings. The van der Waals surface area contributed by atoms with E-state index in [4.69, 9.17) is 23.2 Å². The van der Waals surface area contributed by atoms with E-state index in [0.717, 1.165) is 35.0 Å². The molecule has 0 bridgehead atoms. The monoisotopic (exact) mass is 432 g/mol. The minimum atomic E-state index is -0.0638. The van der Waals surface area contributed by atoms with E-state index >= 15 is 0 Å². The summed E-state index contributed by atoms with van der Waals surface area (Å²) in [5, 5.41) is 22.3. The fourth-order valence-electron chi connectivity index (χ4n) is 3.68. The van der Waals surface area contributed by atoms with Crippen molar-refractivity contribution in [3.8, 4) is 11.3 Å². The van der Waals surface area contributed by atoms with Gasteiger partial charge in [-0.3, -0.25) is 9.48 Å². The summed E-state index contributed by atoms with van der Waals surface area (Å²) in [6.45, 7) is 2.57. The Morgan fingerprint density at radius 1 is 1.17 bits per heavy atom. The molecule has 152 valence electrons. The summed E-state index contributed by atoms with van der Waals surface area (Å²) < 4.78 is 1.76. The van der Waals surface area contributed by atoms with Crippen molar-refractivity contribution >= 4 is 45.7 Å². The Kier molecular flexibility index (Phi) is 5.87. The SMILES string of the molecule is CC(=O)NCCn1cc(-c2nnc(NC3CCCC3)c3cc(Cl)c(Cl)cc23)cn1. The molecule has 0 radical (unpaired) electrons. The third kappa shape index (κ3) is 4.46. The van der Waals surface area contributed by atoms with Crippen molar-refractivity contribution in [2.24, 2.45) is 0 Å². The van der Waals surface area contributed by atoms with Gasteiger partial charge in [0, 0.05) is 42.0 Å². The number of hydrogen-bond donors (Lipinski definition) is 2. The maximum absolute atomic E-state index is 11.0. The van der Waals surface area contributed by atoms with Crippen LogP contribution < -0.4 is 10.6 Å². The summed E-state index contributed by atoms with van der Waals surface area (Å²) in [4.78, 5) is 11.0. The third-order valence-electron chi connectivity index (χ3n) is 5.14. The molecule has 29 heavy (non-hydrogen) atoms. The van der Waals surface area contributed by atoms with Crippen LogP contribution in [0.1, 0.15) is 32.6 Å². The highest BCUT2D eigenvalue weighted by molar-refractivity contribution is 6.43. The standard InChI is InChI=1S/C20H22Cl2N6O/c1-12(29)23-6-7-28-11-13(10-24-28)19-15-8-17(21)18(22)9-16(15)20(27-26-19)25-14-4-2-3-5-14/h8-11,14H,2-7H2,1H3,(H,23,29)(H,25,27). The van der Waals surface area contributed by atoms with Gasteiger partial charge in [0.1, 0.15) is 5.69 Å². The second-order valence-electron chi connectivity index (χ2n) is 7.31. The molecule has 0 aliphatic heterocycles. The number of hydrogen-bond acceptors (Lipinski definition) is 5. The van der Waals surface area contributed by atoms with Gasteiger partial charge in [-0.05, 0) is 25.0 Å². The quantitative estimate of drug-likeness (QED) is 0.606. The summed E-state index contributed by atoms with van der Waals surface area (Å²) in [6.07, 6.45) is 8.35. The Labute approximate surface area is 178 Å². The number of fused-ring (bicyclic) bond motifs is 1. The van der Waals surface area contributed by atoms with Gasteiger partial charge in [0.25, 0.3) is 0 Å². The zero-order chi connectivity index (χ0) is 20.4. The Morgan fingerprint density at radius 3 is 2.62 bits per heavy atom. The lowest BCUT2D eigenvalue weighted by atomic mass is 10.1. The zero-order valence-corrected chi connectivity index (χ0v) is 17.6. The number of nitrogens with zero attached hydrogens (tertiary/aromatic N) is 4. The number of carbonyl (C=O) groups excluding carboxylic acids is 1. The van der Waals surface area contributed by atoms with Crippen LogP contribution in [0.3, 0.4) is 0 Å². The van der Waals surface area contributed by atoms with E-state index in [9.17, 15) is 4.79 Å². The van der Waals surface area contributed by atoms with Crippen LogP contribution in [0.25, 0.3) is 22.0 Å². The van der Waals surface area contributed by atoms with Crippen molar-refractivity contribution < 1.29 is 4.79 Å². The molecule has 0 atom stereocenters. The van der Waals surface area contributed by atoms with Crippen molar-refractivity contribution in [1.29, 1.82) is 0 Å². The average Bonchev–Trinajstić information content (AvgIpc) is 3.35. The normalized spacial score (nSPS) is 14.4. The van der Waals surface area contributed by atoms with E-state index in [2.05, 4.69) is 25.9 Å². The van der Waals surface area contributed by atoms with Crippen molar-refractivity contribution in [2.45, 2.75) is 45.2 Å². The molecule has 3 aromatic rings. The first-order valence-corrected chi connectivity index (χ1v) is 10.5. The molecular weight excluding hydrogens is 411 g/mol. The third-order valence-corrected chi connectivity index (χ3v) is 5.86. The van der Waals surface area contributed by atoms with E-state index in [0.29, 0.717) is 34.9 Å².